The number of para-hydroxylation sites is 1. The van der Waals surface area contributed by atoms with Crippen LogP contribution in [0.3, 0.4) is 0 Å². The van der Waals surface area contributed by atoms with Gasteiger partial charge in [-0.05, 0) is 24.7 Å². The van der Waals surface area contributed by atoms with Crippen LogP contribution in [0.15, 0.2) is 30.3 Å². The first-order valence-electron chi connectivity index (χ1n) is 10.0. The van der Waals surface area contributed by atoms with Crippen molar-refractivity contribution in [1.82, 2.24) is 0 Å². The second kappa shape index (κ2) is 19.0. The summed E-state index contributed by atoms with van der Waals surface area (Å²) in [6.07, 6.45) is 9.37. The minimum atomic E-state index is -4.84. The van der Waals surface area contributed by atoms with E-state index in [1.165, 1.54) is 44.9 Å². The third kappa shape index (κ3) is 18.7. The van der Waals surface area contributed by atoms with E-state index in [4.69, 9.17) is 19.5 Å². The van der Waals surface area contributed by atoms with Crippen molar-refractivity contribution in [1.29, 1.82) is 0 Å². The molecule has 8 nitrogen and oxygen atoms in total. The van der Waals surface area contributed by atoms with Crippen LogP contribution in [0.4, 0.5) is 0 Å². The van der Waals surface area contributed by atoms with Gasteiger partial charge in [0.25, 0.3) is 10.1 Å². The second-order valence-electron chi connectivity index (χ2n) is 6.90. The molecule has 0 aromatic heterocycles. The molecule has 31 heavy (non-hydrogen) atoms. The quantitative estimate of drug-likeness (QED) is 0.155. The predicted molar refractivity (Wildman–Crippen MR) is 114 cm³/mol. The number of carboxylic acids is 2. The Hall–Kier alpha value is -0.494. The maximum Gasteiger partial charge on any atom is 1.00 e. The molecule has 1 aromatic rings. The van der Waals surface area contributed by atoms with Crippen LogP contribution in [-0.4, -0.2) is 46.5 Å². The number of benzene rings is 1. The Morgan fingerprint density at radius 2 is 1.52 bits per heavy atom. The standard InChI is InChI=1S/C17H27O.C4H6O7S.K/c1-3-4-5-6-7-8-10-13-16(2)18-17-14-11-9-12-15-17;5-3(6)1-2(4(7)8)12(9,10)11;/h9,11-12,14-16H,2-8,10,13H2,1H3;2H,1H2,(H,5,6)(H,7,8)(H,9,10,11);/q-1;;+1. The summed E-state index contributed by atoms with van der Waals surface area (Å²) in [6.45, 7) is 6.32. The van der Waals surface area contributed by atoms with E-state index in [-0.39, 0.29) is 57.5 Å². The molecule has 0 saturated heterocycles. The van der Waals surface area contributed by atoms with Gasteiger partial charge in [-0.1, -0.05) is 70.1 Å². The van der Waals surface area contributed by atoms with E-state index in [9.17, 15) is 18.0 Å². The zero-order valence-electron chi connectivity index (χ0n) is 18.4. The molecule has 0 saturated carbocycles. The summed E-state index contributed by atoms with van der Waals surface area (Å²) < 4.78 is 34.4. The number of unbranched alkanes of at least 4 members (excludes halogenated alkanes) is 6. The van der Waals surface area contributed by atoms with Crippen molar-refractivity contribution in [2.75, 3.05) is 0 Å². The molecule has 0 amide bonds. The molecule has 3 N–H and O–H groups in total. The van der Waals surface area contributed by atoms with Crippen molar-refractivity contribution in [2.45, 2.75) is 76.1 Å². The Kier molecular flexibility index (Phi) is 20.1. The topological polar surface area (TPSA) is 138 Å². The van der Waals surface area contributed by atoms with E-state index in [2.05, 4.69) is 13.8 Å². The Morgan fingerprint density at radius 3 is 1.94 bits per heavy atom. The Labute approximate surface area is 227 Å². The largest absolute Gasteiger partial charge is 1.00 e. The van der Waals surface area contributed by atoms with Gasteiger partial charge < -0.3 is 21.9 Å². The van der Waals surface area contributed by atoms with Crippen LogP contribution in [0, 0.1) is 6.92 Å². The van der Waals surface area contributed by atoms with Gasteiger partial charge in [-0.2, -0.15) is 8.42 Å². The Morgan fingerprint density at radius 1 is 1.00 bits per heavy atom. The van der Waals surface area contributed by atoms with Gasteiger partial charge in [0.05, 0.1) is 6.42 Å². The first kappa shape index (κ1) is 32.7. The average Bonchev–Trinajstić information content (AvgIpc) is 2.65. The summed E-state index contributed by atoms with van der Waals surface area (Å²) in [4.78, 5) is 20.0. The summed E-state index contributed by atoms with van der Waals surface area (Å²) in [5, 5.41) is 13.9. The molecule has 0 aliphatic carbocycles. The molecule has 2 atom stereocenters. The maximum atomic E-state index is 10.2. The number of aliphatic carboxylic acids is 2. The van der Waals surface area contributed by atoms with E-state index in [0.29, 0.717) is 0 Å². The van der Waals surface area contributed by atoms with Crippen LogP contribution in [0.1, 0.15) is 64.7 Å². The fourth-order valence-electron chi connectivity index (χ4n) is 2.56. The summed E-state index contributed by atoms with van der Waals surface area (Å²) >= 11 is 0. The number of carbonyl (C=O) groups is 2. The molecule has 172 valence electrons. The molecule has 0 bridgehead atoms. The summed E-state index contributed by atoms with van der Waals surface area (Å²) in [6, 6.07) is 9.97. The van der Waals surface area contributed by atoms with E-state index < -0.39 is 33.7 Å². The fraction of sp³-hybridized carbons (Fsp3) is 0.571. The van der Waals surface area contributed by atoms with Crippen molar-refractivity contribution in [2.24, 2.45) is 0 Å². The van der Waals surface area contributed by atoms with Gasteiger partial charge in [0.2, 0.25) is 0 Å². The van der Waals surface area contributed by atoms with E-state index in [1.54, 1.807) is 0 Å². The zero-order chi connectivity index (χ0) is 23.0. The summed E-state index contributed by atoms with van der Waals surface area (Å²) in [7, 11) is -4.84. The molecule has 10 heteroatoms. The van der Waals surface area contributed by atoms with Crippen LogP contribution in [0.25, 0.3) is 0 Å². The number of rotatable bonds is 14. The molecular formula is C21H33KO8S. The minimum absolute atomic E-state index is 0. The van der Waals surface area contributed by atoms with E-state index in [0.717, 1.165) is 12.2 Å². The monoisotopic (exact) mass is 484 g/mol. The average molecular weight is 485 g/mol. The molecule has 0 heterocycles. The SMILES string of the molecule is O=C(O)CC(C(=O)O)S(=O)(=O)O.[CH2-]C(CCCCCCCCC)Oc1ccccc1.[K+]. The second-order valence-corrected chi connectivity index (χ2v) is 8.50. The van der Waals surface area contributed by atoms with Gasteiger partial charge in [0, 0.05) is 0 Å². The normalized spacial score (nSPS) is 12.5. The van der Waals surface area contributed by atoms with Crippen LogP contribution >= 0.6 is 0 Å². The van der Waals surface area contributed by atoms with Crippen molar-refractivity contribution in [3.63, 3.8) is 0 Å². The first-order valence-corrected chi connectivity index (χ1v) is 11.5. The molecule has 1 rings (SSSR count). The third-order valence-electron chi connectivity index (χ3n) is 4.17. The number of carboxylic acid groups (broad SMARTS) is 2. The van der Waals surface area contributed by atoms with Gasteiger partial charge in [-0.15, -0.1) is 0 Å². The minimum Gasteiger partial charge on any atom is -0.522 e. The molecule has 0 fully saturated rings. The molecule has 0 radical (unpaired) electrons. The van der Waals surface area contributed by atoms with Crippen LogP contribution in [0.5, 0.6) is 5.75 Å². The van der Waals surface area contributed by atoms with Crippen LogP contribution in [0.2, 0.25) is 0 Å². The number of ether oxygens (including phenoxy) is 1. The molecule has 0 spiro atoms. The Balaban J connectivity index is 0. The Bertz CT molecular complexity index is 709. The van der Waals surface area contributed by atoms with Crippen molar-refractivity contribution in [3.8, 4) is 5.75 Å². The number of hydrogen-bond donors (Lipinski definition) is 3. The molecule has 0 aliphatic heterocycles. The van der Waals surface area contributed by atoms with Crippen molar-refractivity contribution >= 4 is 22.1 Å². The van der Waals surface area contributed by atoms with Gasteiger partial charge in [-0.3, -0.25) is 14.1 Å². The van der Waals surface area contributed by atoms with Crippen LogP contribution < -0.4 is 56.1 Å². The van der Waals surface area contributed by atoms with Gasteiger partial charge in [0.15, 0.2) is 5.25 Å². The van der Waals surface area contributed by atoms with Crippen molar-refractivity contribution in [3.05, 3.63) is 37.3 Å². The van der Waals surface area contributed by atoms with Crippen LogP contribution in [-0.2, 0) is 19.7 Å². The molecular weight excluding hydrogens is 451 g/mol. The summed E-state index contributed by atoms with van der Waals surface area (Å²) in [5.74, 6) is -2.57. The van der Waals surface area contributed by atoms with Gasteiger partial charge in [-0.25, -0.2) is 0 Å². The van der Waals surface area contributed by atoms with E-state index in [1.807, 2.05) is 30.3 Å². The van der Waals surface area contributed by atoms with E-state index >= 15 is 0 Å². The molecule has 1 aromatic carbocycles. The van der Waals surface area contributed by atoms with Crippen molar-refractivity contribution < 1.29 is 88.9 Å². The molecule has 2 unspecified atom stereocenters. The van der Waals surface area contributed by atoms with Gasteiger partial charge in [0.1, 0.15) is 5.75 Å². The first-order chi connectivity index (χ1) is 14.1. The number of hydrogen-bond acceptors (Lipinski definition) is 5. The maximum absolute atomic E-state index is 10.2. The molecule has 0 aliphatic rings. The zero-order valence-corrected chi connectivity index (χ0v) is 22.3. The predicted octanol–water partition coefficient (Wildman–Crippen LogP) is 1.21. The fourth-order valence-corrected chi connectivity index (χ4v) is 3.17. The third-order valence-corrected chi connectivity index (χ3v) is 5.26. The smallest absolute Gasteiger partial charge is 0.522 e. The summed E-state index contributed by atoms with van der Waals surface area (Å²) in [5.41, 5.74) is 0. The van der Waals surface area contributed by atoms with Gasteiger partial charge >= 0.3 is 63.3 Å².